The summed E-state index contributed by atoms with van der Waals surface area (Å²) in [6, 6.07) is 12.2. The number of aryl methyl sites for hydroxylation is 1. The van der Waals surface area contributed by atoms with Crippen molar-refractivity contribution in [1.82, 2.24) is 0 Å². The van der Waals surface area contributed by atoms with Gasteiger partial charge in [-0.1, -0.05) is 24.3 Å². The Morgan fingerprint density at radius 3 is 2.70 bits per heavy atom. The molecule has 0 unspecified atom stereocenters. The predicted molar refractivity (Wildman–Crippen MR) is 76.2 cm³/mol. The van der Waals surface area contributed by atoms with E-state index in [1.165, 1.54) is 12.1 Å². The second-order valence-electron chi connectivity index (χ2n) is 4.86. The van der Waals surface area contributed by atoms with Crippen LogP contribution in [0.5, 0.6) is 11.5 Å². The summed E-state index contributed by atoms with van der Waals surface area (Å²) in [5, 5.41) is 19.4. The fourth-order valence-electron chi connectivity index (χ4n) is 2.59. The fourth-order valence-corrected chi connectivity index (χ4v) is 2.59. The molecule has 1 aliphatic heterocycles. The highest BCUT2D eigenvalue weighted by atomic mass is 16.3. The van der Waals surface area contributed by atoms with E-state index in [1.54, 1.807) is 11.0 Å². The zero-order chi connectivity index (χ0) is 14.1. The Labute approximate surface area is 116 Å². The molecular weight excluding hydrogens is 254 g/mol. The van der Waals surface area contributed by atoms with E-state index in [-0.39, 0.29) is 23.0 Å². The topological polar surface area (TPSA) is 60.8 Å². The van der Waals surface area contributed by atoms with Crippen molar-refractivity contribution in [2.75, 3.05) is 11.4 Å². The average Bonchev–Trinajstić information content (AvgIpc) is 2.49. The summed E-state index contributed by atoms with van der Waals surface area (Å²) in [5.41, 5.74) is 2.14. The van der Waals surface area contributed by atoms with Gasteiger partial charge >= 0.3 is 0 Å². The number of fused-ring (bicyclic) bond motifs is 1. The molecule has 0 radical (unpaired) electrons. The maximum Gasteiger partial charge on any atom is 0.262 e. The van der Waals surface area contributed by atoms with Crippen molar-refractivity contribution in [1.29, 1.82) is 0 Å². The molecule has 2 aromatic rings. The summed E-state index contributed by atoms with van der Waals surface area (Å²) in [6.07, 6.45) is 1.84. The highest BCUT2D eigenvalue weighted by Gasteiger charge is 2.25. The molecule has 1 heterocycles. The number of amides is 1. The van der Waals surface area contributed by atoms with Gasteiger partial charge in [-0.3, -0.25) is 4.79 Å². The van der Waals surface area contributed by atoms with E-state index in [9.17, 15) is 15.0 Å². The van der Waals surface area contributed by atoms with Gasteiger partial charge in [-0.2, -0.15) is 0 Å². The van der Waals surface area contributed by atoms with Gasteiger partial charge in [0.05, 0.1) is 5.56 Å². The van der Waals surface area contributed by atoms with Gasteiger partial charge < -0.3 is 15.1 Å². The molecular formula is C16H15NO3. The average molecular weight is 269 g/mol. The van der Waals surface area contributed by atoms with Crippen LogP contribution in [0.25, 0.3) is 0 Å². The summed E-state index contributed by atoms with van der Waals surface area (Å²) >= 11 is 0. The minimum Gasteiger partial charge on any atom is -0.504 e. The molecule has 4 heteroatoms. The van der Waals surface area contributed by atoms with E-state index >= 15 is 0 Å². The predicted octanol–water partition coefficient (Wildman–Crippen LogP) is 2.69. The number of carbonyl (C=O) groups excluding carboxylic acids is 1. The van der Waals surface area contributed by atoms with Crippen molar-refractivity contribution in [2.45, 2.75) is 12.8 Å². The first kappa shape index (κ1) is 12.5. The third-order valence-corrected chi connectivity index (χ3v) is 3.60. The van der Waals surface area contributed by atoms with Crippen molar-refractivity contribution < 1.29 is 15.0 Å². The van der Waals surface area contributed by atoms with Gasteiger partial charge in [0.1, 0.15) is 0 Å². The highest BCUT2D eigenvalue weighted by molar-refractivity contribution is 6.08. The first-order chi connectivity index (χ1) is 9.68. The lowest BCUT2D eigenvalue weighted by Crippen LogP contribution is -2.35. The molecule has 0 atom stereocenters. The molecule has 20 heavy (non-hydrogen) atoms. The van der Waals surface area contributed by atoms with Gasteiger partial charge in [-0.15, -0.1) is 0 Å². The number of aromatic hydroxyl groups is 2. The zero-order valence-electron chi connectivity index (χ0n) is 10.9. The van der Waals surface area contributed by atoms with E-state index in [0.29, 0.717) is 6.54 Å². The Balaban J connectivity index is 2.02. The van der Waals surface area contributed by atoms with Gasteiger partial charge in [0.2, 0.25) is 0 Å². The van der Waals surface area contributed by atoms with Gasteiger partial charge in [0, 0.05) is 12.2 Å². The second kappa shape index (κ2) is 4.89. The molecule has 2 aromatic carbocycles. The van der Waals surface area contributed by atoms with E-state index in [4.69, 9.17) is 0 Å². The van der Waals surface area contributed by atoms with Crippen LogP contribution in [0.15, 0.2) is 42.5 Å². The summed E-state index contributed by atoms with van der Waals surface area (Å²) in [4.78, 5) is 14.3. The van der Waals surface area contributed by atoms with Crippen molar-refractivity contribution >= 4 is 11.6 Å². The lowest BCUT2D eigenvalue weighted by Gasteiger charge is -2.29. The van der Waals surface area contributed by atoms with Gasteiger partial charge in [-0.25, -0.2) is 0 Å². The van der Waals surface area contributed by atoms with Crippen LogP contribution in [0.4, 0.5) is 5.69 Å². The second-order valence-corrected chi connectivity index (χ2v) is 4.86. The smallest absolute Gasteiger partial charge is 0.262 e. The van der Waals surface area contributed by atoms with Gasteiger partial charge in [0.25, 0.3) is 5.91 Å². The van der Waals surface area contributed by atoms with Gasteiger partial charge in [-0.05, 0) is 36.6 Å². The number of phenolic OH excluding ortho intramolecular Hbond substituents is 2. The number of hydrogen-bond acceptors (Lipinski definition) is 3. The SMILES string of the molecule is O=C(c1cccc(O)c1O)N1CCCc2ccccc21. The lowest BCUT2D eigenvalue weighted by atomic mass is 10.0. The molecule has 0 aromatic heterocycles. The normalized spacial score (nSPS) is 13.9. The molecule has 1 amide bonds. The first-order valence-electron chi connectivity index (χ1n) is 6.59. The Morgan fingerprint density at radius 2 is 1.85 bits per heavy atom. The molecule has 2 N–H and O–H groups in total. The lowest BCUT2D eigenvalue weighted by molar-refractivity contribution is 0.0982. The number of nitrogens with zero attached hydrogens (tertiary/aromatic N) is 1. The van der Waals surface area contributed by atoms with Crippen molar-refractivity contribution in [3.63, 3.8) is 0 Å². The largest absolute Gasteiger partial charge is 0.504 e. The fraction of sp³-hybridized carbons (Fsp3) is 0.188. The molecule has 0 aliphatic carbocycles. The molecule has 0 fully saturated rings. The number of rotatable bonds is 1. The van der Waals surface area contributed by atoms with Crippen LogP contribution in [-0.2, 0) is 6.42 Å². The summed E-state index contributed by atoms with van der Waals surface area (Å²) in [5.74, 6) is -0.924. The number of carbonyl (C=O) groups is 1. The minimum absolute atomic E-state index is 0.127. The Hall–Kier alpha value is -2.49. The third-order valence-electron chi connectivity index (χ3n) is 3.60. The van der Waals surface area contributed by atoms with Gasteiger partial charge in [0.15, 0.2) is 11.5 Å². The van der Waals surface area contributed by atoms with E-state index < -0.39 is 0 Å². The van der Waals surface area contributed by atoms with Crippen LogP contribution >= 0.6 is 0 Å². The summed E-state index contributed by atoms with van der Waals surface area (Å²) in [6.45, 7) is 0.616. The standard InChI is InChI=1S/C16H15NO3/c18-14-9-3-7-12(15(14)19)16(20)17-10-4-6-11-5-1-2-8-13(11)17/h1-3,5,7-9,18-19H,4,6,10H2. The first-order valence-corrected chi connectivity index (χ1v) is 6.59. The van der Waals surface area contributed by atoms with Crippen LogP contribution in [0.1, 0.15) is 22.3 Å². The monoisotopic (exact) mass is 269 g/mol. The zero-order valence-corrected chi connectivity index (χ0v) is 10.9. The molecule has 0 bridgehead atoms. The Kier molecular flexibility index (Phi) is 3.06. The maximum absolute atomic E-state index is 12.6. The highest BCUT2D eigenvalue weighted by Crippen LogP contribution is 2.33. The summed E-state index contributed by atoms with van der Waals surface area (Å²) < 4.78 is 0. The van der Waals surface area contributed by atoms with Crippen molar-refractivity contribution in [2.24, 2.45) is 0 Å². The van der Waals surface area contributed by atoms with E-state index in [1.807, 2.05) is 24.3 Å². The van der Waals surface area contributed by atoms with Crippen LogP contribution in [0.2, 0.25) is 0 Å². The number of para-hydroxylation sites is 2. The maximum atomic E-state index is 12.6. The molecule has 3 rings (SSSR count). The third kappa shape index (κ3) is 1.99. The number of phenols is 2. The molecule has 4 nitrogen and oxygen atoms in total. The van der Waals surface area contributed by atoms with Crippen molar-refractivity contribution in [3.05, 3.63) is 53.6 Å². The molecule has 0 spiro atoms. The molecule has 1 aliphatic rings. The molecule has 0 saturated carbocycles. The molecule has 102 valence electrons. The number of anilines is 1. The Morgan fingerprint density at radius 1 is 1.05 bits per heavy atom. The van der Waals surface area contributed by atoms with E-state index in [0.717, 1.165) is 24.1 Å². The Bertz CT molecular complexity index is 667. The van der Waals surface area contributed by atoms with Crippen LogP contribution < -0.4 is 4.90 Å². The minimum atomic E-state index is -0.361. The van der Waals surface area contributed by atoms with Crippen LogP contribution in [0, 0.1) is 0 Å². The number of benzene rings is 2. The van der Waals surface area contributed by atoms with E-state index in [2.05, 4.69) is 0 Å². The van der Waals surface area contributed by atoms with Crippen LogP contribution in [0.3, 0.4) is 0 Å². The summed E-state index contributed by atoms with van der Waals surface area (Å²) in [7, 11) is 0. The number of hydrogen-bond donors (Lipinski definition) is 2. The quantitative estimate of drug-likeness (QED) is 0.782. The molecule has 0 saturated heterocycles. The van der Waals surface area contributed by atoms with Crippen LogP contribution in [-0.4, -0.2) is 22.7 Å². The van der Waals surface area contributed by atoms with Crippen molar-refractivity contribution in [3.8, 4) is 11.5 Å².